The summed E-state index contributed by atoms with van der Waals surface area (Å²) < 4.78 is 11.9. The summed E-state index contributed by atoms with van der Waals surface area (Å²) in [7, 11) is 0. The molecule has 0 saturated carbocycles. The molecule has 0 spiro atoms. The number of carbonyl (C=O) groups is 3. The SMILES string of the molecule is O=C(CCn1cc([N+](=O)[O-])cn1)NCCN1C(=O)S/C(=C/c2ccc3c(c2)OCO3)C1=O. The Kier molecular flexibility index (Phi) is 6.07. The Hall–Kier alpha value is -3.87. The molecular formula is C19H17N5O7S. The minimum atomic E-state index is -0.569. The predicted molar refractivity (Wildman–Crippen MR) is 112 cm³/mol. The molecule has 4 rings (SSSR count). The standard InChI is InChI=1S/C19H17N5O7S/c25-17(3-5-22-10-13(9-21-22)24(28)29)20-4-6-23-18(26)16(32-19(23)27)8-12-1-2-14-15(7-12)31-11-30-14/h1-2,7-10H,3-6,11H2,(H,20,25)/b16-8+. The Morgan fingerprint density at radius 2 is 2.09 bits per heavy atom. The highest BCUT2D eigenvalue weighted by Gasteiger charge is 2.34. The number of ether oxygens (including phenoxy) is 2. The molecule has 1 saturated heterocycles. The normalized spacial score (nSPS) is 16.1. The van der Waals surface area contributed by atoms with Gasteiger partial charge in [0.05, 0.1) is 9.83 Å². The van der Waals surface area contributed by atoms with Gasteiger partial charge in [0.25, 0.3) is 11.1 Å². The molecule has 2 aliphatic rings. The number of hydrogen-bond donors (Lipinski definition) is 1. The van der Waals surface area contributed by atoms with Crippen LogP contribution < -0.4 is 14.8 Å². The first-order valence-electron chi connectivity index (χ1n) is 9.49. The maximum atomic E-state index is 12.6. The van der Waals surface area contributed by atoms with Crippen molar-refractivity contribution in [3.05, 3.63) is 51.2 Å². The van der Waals surface area contributed by atoms with E-state index in [-0.39, 0.29) is 49.3 Å². The minimum Gasteiger partial charge on any atom is -0.454 e. The lowest BCUT2D eigenvalue weighted by Crippen LogP contribution is -2.37. The molecule has 13 heteroatoms. The van der Waals surface area contributed by atoms with Crippen LogP contribution in [-0.2, 0) is 16.1 Å². The molecule has 2 aliphatic heterocycles. The van der Waals surface area contributed by atoms with Crippen LogP contribution in [-0.4, -0.2) is 56.5 Å². The smallest absolute Gasteiger partial charge is 0.306 e. The van der Waals surface area contributed by atoms with Crippen LogP contribution in [0.3, 0.4) is 0 Å². The van der Waals surface area contributed by atoms with Crippen LogP contribution >= 0.6 is 11.8 Å². The molecular weight excluding hydrogens is 442 g/mol. The number of aromatic nitrogens is 2. The second kappa shape index (κ2) is 9.09. The van der Waals surface area contributed by atoms with E-state index in [1.807, 2.05) is 0 Å². The molecule has 32 heavy (non-hydrogen) atoms. The van der Waals surface area contributed by atoms with Crippen LogP contribution in [0.2, 0.25) is 0 Å². The highest BCUT2D eigenvalue weighted by Crippen LogP contribution is 2.36. The Labute approximate surface area is 185 Å². The molecule has 12 nitrogen and oxygen atoms in total. The summed E-state index contributed by atoms with van der Waals surface area (Å²) in [4.78, 5) is 48.2. The maximum Gasteiger partial charge on any atom is 0.306 e. The molecule has 0 atom stereocenters. The van der Waals surface area contributed by atoms with Crippen LogP contribution in [0.15, 0.2) is 35.5 Å². The van der Waals surface area contributed by atoms with Gasteiger partial charge in [0, 0.05) is 26.1 Å². The van der Waals surface area contributed by atoms with Gasteiger partial charge in [-0.3, -0.25) is 34.1 Å². The first-order valence-corrected chi connectivity index (χ1v) is 10.3. The predicted octanol–water partition coefficient (Wildman–Crippen LogP) is 1.76. The lowest BCUT2D eigenvalue weighted by molar-refractivity contribution is -0.385. The van der Waals surface area contributed by atoms with E-state index < -0.39 is 16.1 Å². The lowest BCUT2D eigenvalue weighted by Gasteiger charge is -2.13. The van der Waals surface area contributed by atoms with Gasteiger partial charge in [-0.15, -0.1) is 0 Å². The van der Waals surface area contributed by atoms with E-state index in [1.165, 1.54) is 10.9 Å². The lowest BCUT2D eigenvalue weighted by atomic mass is 10.2. The van der Waals surface area contributed by atoms with E-state index in [0.29, 0.717) is 17.1 Å². The second-order valence-electron chi connectivity index (χ2n) is 6.76. The number of rotatable bonds is 8. The summed E-state index contributed by atoms with van der Waals surface area (Å²) in [6.45, 7) is 0.429. The Balaban J connectivity index is 1.26. The highest BCUT2D eigenvalue weighted by molar-refractivity contribution is 8.18. The first-order chi connectivity index (χ1) is 15.4. The molecule has 3 amide bonds. The van der Waals surface area contributed by atoms with Gasteiger partial charge in [0.1, 0.15) is 12.4 Å². The van der Waals surface area contributed by atoms with Gasteiger partial charge in [-0.2, -0.15) is 5.10 Å². The molecule has 1 aromatic heterocycles. The number of nitro groups is 1. The number of nitrogens with zero attached hydrogens (tertiary/aromatic N) is 4. The van der Waals surface area contributed by atoms with Crippen molar-refractivity contribution in [2.45, 2.75) is 13.0 Å². The zero-order valence-electron chi connectivity index (χ0n) is 16.6. The molecule has 1 aromatic carbocycles. The van der Waals surface area contributed by atoms with Crippen molar-refractivity contribution in [2.75, 3.05) is 19.9 Å². The van der Waals surface area contributed by atoms with Crippen LogP contribution in [0.5, 0.6) is 11.5 Å². The maximum absolute atomic E-state index is 12.6. The summed E-state index contributed by atoms with van der Waals surface area (Å²) in [5.74, 6) is 0.434. The second-order valence-corrected chi connectivity index (χ2v) is 7.76. The van der Waals surface area contributed by atoms with Gasteiger partial charge in [-0.1, -0.05) is 6.07 Å². The summed E-state index contributed by atoms with van der Waals surface area (Å²) >= 11 is 0.828. The third-order valence-corrected chi connectivity index (χ3v) is 5.53. The van der Waals surface area contributed by atoms with Gasteiger partial charge < -0.3 is 14.8 Å². The van der Waals surface area contributed by atoms with Gasteiger partial charge in [-0.25, -0.2) is 0 Å². The van der Waals surface area contributed by atoms with Crippen molar-refractivity contribution in [2.24, 2.45) is 0 Å². The number of hydrogen-bond acceptors (Lipinski definition) is 9. The molecule has 0 bridgehead atoms. The summed E-state index contributed by atoms with van der Waals surface area (Å²) in [5.41, 5.74) is 0.547. The van der Waals surface area contributed by atoms with Crippen LogP contribution in [0, 0.1) is 10.1 Å². The van der Waals surface area contributed by atoms with E-state index >= 15 is 0 Å². The van der Waals surface area contributed by atoms with Crippen LogP contribution in [0.4, 0.5) is 10.5 Å². The Morgan fingerprint density at radius 1 is 1.28 bits per heavy atom. The zero-order valence-corrected chi connectivity index (χ0v) is 17.4. The number of imide groups is 1. The number of aryl methyl sites for hydroxylation is 1. The Morgan fingerprint density at radius 3 is 2.88 bits per heavy atom. The van der Waals surface area contributed by atoms with Crippen molar-refractivity contribution in [3.8, 4) is 11.5 Å². The van der Waals surface area contributed by atoms with Gasteiger partial charge >= 0.3 is 5.69 Å². The van der Waals surface area contributed by atoms with Crippen molar-refractivity contribution < 1.29 is 28.8 Å². The zero-order chi connectivity index (χ0) is 22.7. The third kappa shape index (κ3) is 4.72. The van der Waals surface area contributed by atoms with E-state index in [0.717, 1.165) is 22.9 Å². The van der Waals surface area contributed by atoms with Gasteiger partial charge in [0.2, 0.25) is 12.7 Å². The molecule has 0 unspecified atom stereocenters. The molecule has 0 radical (unpaired) electrons. The number of amides is 3. The number of fused-ring (bicyclic) bond motifs is 1. The number of nitrogens with one attached hydrogen (secondary N) is 1. The number of benzene rings is 1. The van der Waals surface area contributed by atoms with Crippen molar-refractivity contribution >= 4 is 40.6 Å². The molecule has 2 aromatic rings. The van der Waals surface area contributed by atoms with Crippen molar-refractivity contribution in [1.29, 1.82) is 0 Å². The first kappa shape index (κ1) is 21.4. The Bertz CT molecular complexity index is 1130. The largest absolute Gasteiger partial charge is 0.454 e. The molecule has 1 fully saturated rings. The minimum absolute atomic E-state index is 0.0299. The third-order valence-electron chi connectivity index (χ3n) is 4.62. The van der Waals surface area contributed by atoms with Crippen molar-refractivity contribution in [3.63, 3.8) is 0 Å². The van der Waals surface area contributed by atoms with E-state index in [2.05, 4.69) is 10.4 Å². The van der Waals surface area contributed by atoms with E-state index in [1.54, 1.807) is 24.3 Å². The number of carbonyl (C=O) groups excluding carboxylic acids is 3. The number of thioether (sulfide) groups is 1. The summed E-state index contributed by atoms with van der Waals surface area (Å²) in [5, 5.41) is 16.7. The molecule has 166 valence electrons. The average Bonchev–Trinajstić information content (AvgIpc) is 3.48. The van der Waals surface area contributed by atoms with Gasteiger partial charge in [0.15, 0.2) is 11.5 Å². The highest BCUT2D eigenvalue weighted by atomic mass is 32.2. The fraction of sp³-hybridized carbons (Fsp3) is 0.263. The van der Waals surface area contributed by atoms with Crippen LogP contribution in [0.1, 0.15) is 12.0 Å². The van der Waals surface area contributed by atoms with E-state index in [4.69, 9.17) is 9.47 Å². The average molecular weight is 459 g/mol. The monoisotopic (exact) mass is 459 g/mol. The van der Waals surface area contributed by atoms with Crippen molar-refractivity contribution in [1.82, 2.24) is 20.0 Å². The molecule has 0 aliphatic carbocycles. The quantitative estimate of drug-likeness (QED) is 0.354. The fourth-order valence-corrected chi connectivity index (χ4v) is 3.89. The summed E-state index contributed by atoms with van der Waals surface area (Å²) in [6.07, 6.45) is 3.99. The molecule has 3 heterocycles. The fourth-order valence-electron chi connectivity index (χ4n) is 3.03. The van der Waals surface area contributed by atoms with Gasteiger partial charge in [-0.05, 0) is 35.5 Å². The van der Waals surface area contributed by atoms with Crippen LogP contribution in [0.25, 0.3) is 6.08 Å². The molecule has 1 N–H and O–H groups in total. The summed E-state index contributed by atoms with van der Waals surface area (Å²) in [6, 6.07) is 5.22. The van der Waals surface area contributed by atoms with E-state index in [9.17, 15) is 24.5 Å². The topological polar surface area (TPSA) is 146 Å².